The van der Waals surface area contributed by atoms with Crippen LogP contribution in [-0.2, 0) is 32.3 Å². The molecule has 1 saturated carbocycles. The molecule has 0 bridgehead atoms. The van der Waals surface area contributed by atoms with Gasteiger partial charge in [0.1, 0.15) is 12.6 Å². The van der Waals surface area contributed by atoms with Gasteiger partial charge in [0.05, 0.1) is 17.5 Å². The normalized spacial score (nSPS) is 15.5. The molecule has 11 heteroatoms. The van der Waals surface area contributed by atoms with E-state index < -0.39 is 40.3 Å². The summed E-state index contributed by atoms with van der Waals surface area (Å²) in [5.41, 5.74) is 0.409. The molecule has 2 aromatic carbocycles. The maximum absolute atomic E-state index is 13.6. The van der Waals surface area contributed by atoms with E-state index in [1.54, 1.807) is 6.92 Å². The second-order valence-corrected chi connectivity index (χ2v) is 11.8. The number of carbonyl (C=O) groups excluding carboxylic acids is 2. The number of benzene rings is 2. The van der Waals surface area contributed by atoms with Crippen LogP contribution in [0.5, 0.6) is 0 Å². The summed E-state index contributed by atoms with van der Waals surface area (Å²) < 4.78 is 65.7. The molecule has 38 heavy (non-hydrogen) atoms. The van der Waals surface area contributed by atoms with Gasteiger partial charge in [-0.15, -0.1) is 0 Å². The molecule has 1 aliphatic carbocycles. The number of nitrogens with one attached hydrogen (secondary N) is 1. The maximum atomic E-state index is 13.6. The zero-order valence-corrected chi connectivity index (χ0v) is 22.6. The van der Waals surface area contributed by atoms with Crippen molar-refractivity contribution in [3.63, 3.8) is 0 Å². The molecule has 2 amide bonds. The van der Waals surface area contributed by atoms with Crippen molar-refractivity contribution in [3.8, 4) is 0 Å². The van der Waals surface area contributed by atoms with E-state index in [0.717, 1.165) is 61.6 Å². The van der Waals surface area contributed by atoms with Gasteiger partial charge in [0.25, 0.3) is 0 Å². The Balaban J connectivity index is 1.90. The Kier molecular flexibility index (Phi) is 9.45. The fourth-order valence-electron chi connectivity index (χ4n) is 4.49. The van der Waals surface area contributed by atoms with Crippen molar-refractivity contribution in [1.82, 2.24) is 10.2 Å². The summed E-state index contributed by atoms with van der Waals surface area (Å²) in [7, 11) is -4.14. The summed E-state index contributed by atoms with van der Waals surface area (Å²) in [6, 6.07) is 10.2. The fourth-order valence-corrected chi connectivity index (χ4v) is 5.33. The second kappa shape index (κ2) is 12.2. The SMILES string of the molecule is Cc1ccc(CN(C(=O)CN(c2cccc(C(F)(F)F)c2)S(C)(=O)=O)[C@@H](C)C(=O)NC2CCCCC2)cc1. The molecular formula is C27H34F3N3O4S. The number of halogens is 3. The zero-order valence-electron chi connectivity index (χ0n) is 21.8. The highest BCUT2D eigenvalue weighted by Crippen LogP contribution is 2.32. The monoisotopic (exact) mass is 553 g/mol. The molecule has 1 atom stereocenters. The van der Waals surface area contributed by atoms with E-state index in [1.807, 2.05) is 31.2 Å². The van der Waals surface area contributed by atoms with Gasteiger partial charge >= 0.3 is 6.18 Å². The van der Waals surface area contributed by atoms with Crippen molar-refractivity contribution in [2.45, 2.75) is 70.8 Å². The van der Waals surface area contributed by atoms with Crippen molar-refractivity contribution in [1.29, 1.82) is 0 Å². The molecule has 1 aliphatic rings. The van der Waals surface area contributed by atoms with Gasteiger partial charge in [-0.3, -0.25) is 13.9 Å². The standard InChI is InChI=1S/C27H34F3N3O4S/c1-19-12-14-21(15-13-19)17-32(20(2)26(35)31-23-9-5-4-6-10-23)25(34)18-33(38(3,36)37)24-11-7-8-22(16-24)27(28,29)30/h7-8,11-16,20,23H,4-6,9-10,17-18H2,1-3H3,(H,31,35)/t20-/m0/s1. The molecule has 1 fully saturated rings. The Morgan fingerprint density at radius 2 is 1.68 bits per heavy atom. The molecule has 2 aromatic rings. The first-order valence-corrected chi connectivity index (χ1v) is 14.4. The van der Waals surface area contributed by atoms with Crippen LogP contribution >= 0.6 is 0 Å². The van der Waals surface area contributed by atoms with E-state index in [4.69, 9.17) is 0 Å². The predicted octanol–water partition coefficient (Wildman–Crippen LogP) is 4.65. The van der Waals surface area contributed by atoms with Crippen LogP contribution in [0.15, 0.2) is 48.5 Å². The number of rotatable bonds is 9. The van der Waals surface area contributed by atoms with Crippen LogP contribution in [0.25, 0.3) is 0 Å². The minimum atomic E-state index is -4.69. The maximum Gasteiger partial charge on any atom is 0.416 e. The topological polar surface area (TPSA) is 86.8 Å². The first-order chi connectivity index (χ1) is 17.8. The molecule has 0 aromatic heterocycles. The summed E-state index contributed by atoms with van der Waals surface area (Å²) in [5, 5.41) is 3.00. The van der Waals surface area contributed by atoms with Crippen LogP contribution in [0.4, 0.5) is 18.9 Å². The summed E-state index contributed by atoms with van der Waals surface area (Å²) in [6.45, 7) is 2.75. The van der Waals surface area contributed by atoms with Crippen LogP contribution in [0, 0.1) is 6.92 Å². The molecule has 0 heterocycles. The molecule has 0 aliphatic heterocycles. The van der Waals surface area contributed by atoms with Gasteiger partial charge in [0.15, 0.2) is 0 Å². The number of sulfonamides is 1. The number of nitrogens with zero attached hydrogens (tertiary/aromatic N) is 2. The van der Waals surface area contributed by atoms with E-state index in [2.05, 4.69) is 5.32 Å². The highest BCUT2D eigenvalue weighted by Gasteiger charge is 2.34. The average molecular weight is 554 g/mol. The number of anilines is 1. The lowest BCUT2D eigenvalue weighted by Crippen LogP contribution is -2.53. The van der Waals surface area contributed by atoms with Crippen LogP contribution in [0.2, 0.25) is 0 Å². The van der Waals surface area contributed by atoms with Gasteiger partial charge in [-0.2, -0.15) is 13.2 Å². The molecule has 0 radical (unpaired) electrons. The van der Waals surface area contributed by atoms with Crippen molar-refractivity contribution in [3.05, 3.63) is 65.2 Å². The number of carbonyl (C=O) groups is 2. The summed E-state index contributed by atoms with van der Waals surface area (Å²) >= 11 is 0. The largest absolute Gasteiger partial charge is 0.416 e. The molecule has 1 N–H and O–H groups in total. The molecule has 7 nitrogen and oxygen atoms in total. The Morgan fingerprint density at radius 1 is 1.05 bits per heavy atom. The molecule has 0 unspecified atom stereocenters. The van der Waals surface area contributed by atoms with E-state index in [-0.39, 0.29) is 24.2 Å². The molecule has 3 rings (SSSR count). The summed E-state index contributed by atoms with van der Waals surface area (Å²) in [6.07, 6.45) is 0.952. The minimum absolute atomic E-state index is 0.00709. The fraction of sp³-hybridized carbons (Fsp3) is 0.481. The lowest BCUT2D eigenvalue weighted by Gasteiger charge is -2.33. The van der Waals surface area contributed by atoms with Crippen LogP contribution in [0.3, 0.4) is 0 Å². The minimum Gasteiger partial charge on any atom is -0.352 e. The predicted molar refractivity (Wildman–Crippen MR) is 140 cm³/mol. The molecular weight excluding hydrogens is 519 g/mol. The number of hydrogen-bond donors (Lipinski definition) is 1. The van der Waals surface area contributed by atoms with Crippen molar-refractivity contribution in [2.75, 3.05) is 17.1 Å². The molecule has 208 valence electrons. The summed E-state index contributed by atoms with van der Waals surface area (Å²) in [5.74, 6) is -1.07. The van der Waals surface area contributed by atoms with Crippen LogP contribution < -0.4 is 9.62 Å². The van der Waals surface area contributed by atoms with E-state index in [0.29, 0.717) is 10.4 Å². The zero-order chi connectivity index (χ0) is 28.1. The molecule has 0 spiro atoms. The first-order valence-electron chi connectivity index (χ1n) is 12.6. The van der Waals surface area contributed by atoms with E-state index in [9.17, 15) is 31.2 Å². The van der Waals surface area contributed by atoms with Gasteiger partial charge < -0.3 is 10.2 Å². The smallest absolute Gasteiger partial charge is 0.352 e. The van der Waals surface area contributed by atoms with Gasteiger partial charge in [0, 0.05) is 12.6 Å². The van der Waals surface area contributed by atoms with E-state index in [1.165, 1.54) is 11.0 Å². The number of amides is 2. The van der Waals surface area contributed by atoms with Gasteiger partial charge in [0.2, 0.25) is 21.8 Å². The third-order valence-corrected chi connectivity index (χ3v) is 7.87. The first kappa shape index (κ1) is 29.5. The highest BCUT2D eigenvalue weighted by molar-refractivity contribution is 7.92. The number of aryl methyl sites for hydroxylation is 1. The van der Waals surface area contributed by atoms with Gasteiger partial charge in [-0.1, -0.05) is 55.2 Å². The van der Waals surface area contributed by atoms with Crippen molar-refractivity contribution < 1.29 is 31.2 Å². The number of hydrogen-bond acceptors (Lipinski definition) is 4. The van der Waals surface area contributed by atoms with Crippen LogP contribution in [0.1, 0.15) is 55.7 Å². The quantitative estimate of drug-likeness (QED) is 0.490. The van der Waals surface area contributed by atoms with Crippen molar-refractivity contribution in [2.24, 2.45) is 0 Å². The summed E-state index contributed by atoms with van der Waals surface area (Å²) in [4.78, 5) is 28.0. The highest BCUT2D eigenvalue weighted by atomic mass is 32.2. The lowest BCUT2D eigenvalue weighted by atomic mass is 9.95. The van der Waals surface area contributed by atoms with Crippen LogP contribution in [-0.4, -0.2) is 50.0 Å². The Hall–Kier alpha value is -3.08. The Morgan fingerprint density at radius 3 is 2.26 bits per heavy atom. The van der Waals surface area contributed by atoms with E-state index >= 15 is 0 Å². The number of alkyl halides is 3. The lowest BCUT2D eigenvalue weighted by molar-refractivity contribution is -0.139. The molecule has 0 saturated heterocycles. The average Bonchev–Trinajstić information content (AvgIpc) is 2.86. The van der Waals surface area contributed by atoms with Crippen molar-refractivity contribution >= 4 is 27.5 Å². The Labute approximate surface area is 222 Å². The third-order valence-electron chi connectivity index (χ3n) is 6.73. The van der Waals surface area contributed by atoms with Gasteiger partial charge in [-0.25, -0.2) is 8.42 Å². The van der Waals surface area contributed by atoms with Gasteiger partial charge in [-0.05, 0) is 50.5 Å². The third kappa shape index (κ3) is 7.96. The second-order valence-electron chi connectivity index (χ2n) is 9.84. The Bertz CT molecular complexity index is 1230.